The Kier molecular flexibility index (Phi) is 4.63. The van der Waals surface area contributed by atoms with Crippen molar-refractivity contribution in [2.45, 2.75) is 32.2 Å². The Bertz CT molecular complexity index is 616. The van der Waals surface area contributed by atoms with E-state index in [0.29, 0.717) is 5.41 Å². The second kappa shape index (κ2) is 7.03. The van der Waals surface area contributed by atoms with Crippen LogP contribution in [-0.4, -0.2) is 57.9 Å². The lowest BCUT2D eigenvalue weighted by Gasteiger charge is -2.39. The fourth-order valence-electron chi connectivity index (χ4n) is 4.27. The first-order chi connectivity index (χ1) is 11.8. The molecule has 0 saturated carbocycles. The van der Waals surface area contributed by atoms with Crippen LogP contribution < -0.4 is 0 Å². The van der Waals surface area contributed by atoms with Gasteiger partial charge in [-0.1, -0.05) is 30.3 Å². The average molecular weight is 325 g/mol. The number of nitrogens with one attached hydrogen (secondary N) is 1. The van der Waals surface area contributed by atoms with Gasteiger partial charge in [-0.15, -0.1) is 0 Å². The third-order valence-electron chi connectivity index (χ3n) is 5.83. The Morgan fingerprint density at radius 2 is 1.75 bits per heavy atom. The Balaban J connectivity index is 1.25. The van der Waals surface area contributed by atoms with E-state index in [1.165, 1.54) is 51.0 Å². The summed E-state index contributed by atoms with van der Waals surface area (Å²) >= 11 is 0. The zero-order chi connectivity index (χ0) is 16.2. The summed E-state index contributed by atoms with van der Waals surface area (Å²) in [4.78, 5) is 5.25. The van der Waals surface area contributed by atoms with Gasteiger partial charge in [0.25, 0.3) is 0 Å². The normalized spacial score (nSPS) is 21.5. The molecular weight excluding hydrogens is 298 g/mol. The van der Waals surface area contributed by atoms with E-state index in [4.69, 9.17) is 0 Å². The maximum absolute atomic E-state index is 4.16. The number of hydrogen-bond donors (Lipinski definition) is 1. The van der Waals surface area contributed by atoms with Crippen molar-refractivity contribution >= 4 is 0 Å². The van der Waals surface area contributed by atoms with Gasteiger partial charge in [-0.05, 0) is 49.9 Å². The van der Waals surface area contributed by atoms with Crippen LogP contribution in [0.2, 0.25) is 0 Å². The summed E-state index contributed by atoms with van der Waals surface area (Å²) in [5.74, 6) is 0. The quantitative estimate of drug-likeness (QED) is 0.917. The molecule has 1 aromatic heterocycles. The lowest BCUT2D eigenvalue weighted by atomic mass is 9.77. The smallest absolute Gasteiger partial charge is 0.0837 e. The predicted octanol–water partition coefficient (Wildman–Crippen LogP) is 2.34. The van der Waals surface area contributed by atoms with Crippen LogP contribution in [0.5, 0.6) is 0 Å². The maximum atomic E-state index is 4.16. The van der Waals surface area contributed by atoms with Crippen molar-refractivity contribution < 1.29 is 0 Å². The first-order valence-corrected chi connectivity index (χ1v) is 9.15. The molecule has 0 bridgehead atoms. The summed E-state index contributed by atoms with van der Waals surface area (Å²) in [7, 11) is 0. The van der Waals surface area contributed by atoms with Gasteiger partial charge in [0.2, 0.25) is 0 Å². The molecule has 128 valence electrons. The Labute approximate surface area is 144 Å². The number of nitrogens with zero attached hydrogens (tertiary/aromatic N) is 4. The van der Waals surface area contributed by atoms with Gasteiger partial charge in [0.15, 0.2) is 0 Å². The van der Waals surface area contributed by atoms with E-state index in [1.807, 2.05) is 6.20 Å². The molecule has 4 rings (SSSR count). The lowest BCUT2D eigenvalue weighted by molar-refractivity contribution is 0.103. The van der Waals surface area contributed by atoms with Crippen molar-refractivity contribution in [2.75, 3.05) is 32.7 Å². The monoisotopic (exact) mass is 325 g/mol. The average Bonchev–Trinajstić information content (AvgIpc) is 3.27. The van der Waals surface area contributed by atoms with Gasteiger partial charge in [-0.3, -0.25) is 4.90 Å². The molecule has 1 N–H and O–H groups in total. The van der Waals surface area contributed by atoms with Crippen LogP contribution in [-0.2, 0) is 13.0 Å². The molecule has 1 aromatic carbocycles. The molecule has 1 spiro atoms. The van der Waals surface area contributed by atoms with Gasteiger partial charge in [0.1, 0.15) is 0 Å². The van der Waals surface area contributed by atoms with Crippen LogP contribution in [0, 0.1) is 5.41 Å². The van der Waals surface area contributed by atoms with Crippen molar-refractivity contribution in [2.24, 2.45) is 5.41 Å². The molecule has 0 aliphatic carbocycles. The predicted molar refractivity (Wildman–Crippen MR) is 94.5 cm³/mol. The first kappa shape index (κ1) is 15.8. The fourth-order valence-corrected chi connectivity index (χ4v) is 4.27. The molecule has 3 heterocycles. The van der Waals surface area contributed by atoms with Crippen LogP contribution in [0.25, 0.3) is 0 Å². The number of benzene rings is 1. The van der Waals surface area contributed by atoms with E-state index in [9.17, 15) is 0 Å². The van der Waals surface area contributed by atoms with Gasteiger partial charge in [0.05, 0.1) is 11.9 Å². The van der Waals surface area contributed by atoms with Crippen molar-refractivity contribution in [3.05, 3.63) is 47.8 Å². The Hall–Kier alpha value is -1.72. The topological polar surface area (TPSA) is 48.0 Å². The SMILES string of the molecule is c1ccc(CN2CCC3(CC2)CCN(CCc2cn[nH]n2)C3)cc1. The van der Waals surface area contributed by atoms with Gasteiger partial charge in [-0.2, -0.15) is 15.4 Å². The van der Waals surface area contributed by atoms with E-state index in [0.717, 1.165) is 25.2 Å². The summed E-state index contributed by atoms with van der Waals surface area (Å²) in [6.07, 6.45) is 6.91. The minimum atomic E-state index is 0.566. The van der Waals surface area contributed by atoms with E-state index < -0.39 is 0 Å². The van der Waals surface area contributed by atoms with Crippen molar-refractivity contribution in [1.29, 1.82) is 0 Å². The summed E-state index contributed by atoms with van der Waals surface area (Å²) < 4.78 is 0. The van der Waals surface area contributed by atoms with E-state index in [-0.39, 0.29) is 0 Å². The van der Waals surface area contributed by atoms with Crippen molar-refractivity contribution in [3.63, 3.8) is 0 Å². The van der Waals surface area contributed by atoms with Crippen molar-refractivity contribution in [3.8, 4) is 0 Å². The zero-order valence-corrected chi connectivity index (χ0v) is 14.3. The van der Waals surface area contributed by atoms with Gasteiger partial charge in [0, 0.05) is 26.1 Å². The summed E-state index contributed by atoms with van der Waals surface area (Å²) in [5.41, 5.74) is 3.08. The third kappa shape index (κ3) is 3.68. The Morgan fingerprint density at radius 1 is 1.00 bits per heavy atom. The van der Waals surface area contributed by atoms with Crippen LogP contribution in [0.15, 0.2) is 36.5 Å². The highest BCUT2D eigenvalue weighted by atomic mass is 15.3. The molecule has 0 radical (unpaired) electrons. The highest BCUT2D eigenvalue weighted by Gasteiger charge is 2.40. The second-order valence-electron chi connectivity index (χ2n) is 7.50. The number of hydrogen-bond acceptors (Lipinski definition) is 4. The molecular formula is C19H27N5. The van der Waals surface area contributed by atoms with Gasteiger partial charge >= 0.3 is 0 Å². The molecule has 0 unspecified atom stereocenters. The Morgan fingerprint density at radius 3 is 2.46 bits per heavy atom. The van der Waals surface area contributed by atoms with Crippen LogP contribution >= 0.6 is 0 Å². The number of aromatic amines is 1. The van der Waals surface area contributed by atoms with Crippen LogP contribution in [0.4, 0.5) is 0 Å². The number of likely N-dealkylation sites (tertiary alicyclic amines) is 2. The molecule has 2 aliphatic rings. The first-order valence-electron chi connectivity index (χ1n) is 9.15. The maximum Gasteiger partial charge on any atom is 0.0837 e. The highest BCUT2D eigenvalue weighted by molar-refractivity contribution is 5.14. The minimum Gasteiger partial charge on any atom is -0.302 e. The number of piperidine rings is 1. The standard InChI is InChI=1S/C19H27N5/c1-2-4-17(5-3-1)15-23-11-7-19(8-12-23)9-13-24(16-19)10-6-18-14-20-22-21-18/h1-5,14H,6-13,15-16H2,(H,20,21,22). The molecule has 5 heteroatoms. The number of rotatable bonds is 5. The van der Waals surface area contributed by atoms with Gasteiger partial charge < -0.3 is 4.90 Å². The summed E-state index contributed by atoms with van der Waals surface area (Å²) in [6.45, 7) is 7.22. The molecule has 5 nitrogen and oxygen atoms in total. The fraction of sp³-hybridized carbons (Fsp3) is 0.579. The summed E-state index contributed by atoms with van der Waals surface area (Å²) in [6, 6.07) is 10.9. The van der Waals surface area contributed by atoms with E-state index >= 15 is 0 Å². The van der Waals surface area contributed by atoms with E-state index in [2.05, 4.69) is 55.5 Å². The molecule has 2 aliphatic heterocycles. The lowest BCUT2D eigenvalue weighted by Crippen LogP contribution is -2.41. The van der Waals surface area contributed by atoms with Gasteiger partial charge in [-0.25, -0.2) is 0 Å². The molecule has 2 fully saturated rings. The van der Waals surface area contributed by atoms with E-state index in [1.54, 1.807) is 0 Å². The number of H-pyrrole nitrogens is 1. The van der Waals surface area contributed by atoms with Crippen LogP contribution in [0.1, 0.15) is 30.5 Å². The molecule has 0 atom stereocenters. The molecule has 2 aromatic rings. The summed E-state index contributed by atoms with van der Waals surface area (Å²) in [5, 5.41) is 10.8. The minimum absolute atomic E-state index is 0.566. The largest absolute Gasteiger partial charge is 0.302 e. The number of aromatic nitrogens is 3. The molecule has 2 saturated heterocycles. The molecule has 24 heavy (non-hydrogen) atoms. The third-order valence-corrected chi connectivity index (χ3v) is 5.83. The van der Waals surface area contributed by atoms with Crippen LogP contribution in [0.3, 0.4) is 0 Å². The zero-order valence-electron chi connectivity index (χ0n) is 14.3. The highest BCUT2D eigenvalue weighted by Crippen LogP contribution is 2.40. The van der Waals surface area contributed by atoms with Crippen molar-refractivity contribution in [1.82, 2.24) is 25.2 Å². The molecule has 0 amide bonds. The second-order valence-corrected chi connectivity index (χ2v) is 7.50.